The number of nitrogens with zero attached hydrogens (tertiary/aromatic N) is 3. The summed E-state index contributed by atoms with van der Waals surface area (Å²) >= 11 is 0. The predicted octanol–water partition coefficient (Wildman–Crippen LogP) is 2.34. The van der Waals surface area contributed by atoms with Crippen molar-refractivity contribution < 1.29 is 14.3 Å². The number of ether oxygens (including phenoxy) is 2. The summed E-state index contributed by atoms with van der Waals surface area (Å²) in [5.74, 6) is 1.41. The van der Waals surface area contributed by atoms with Crippen LogP contribution in [0.2, 0.25) is 0 Å². The second kappa shape index (κ2) is 8.53. The molecule has 1 aromatic heterocycles. The quantitative estimate of drug-likeness (QED) is 0.819. The van der Waals surface area contributed by atoms with Crippen molar-refractivity contribution in [1.82, 2.24) is 9.97 Å². The highest BCUT2D eigenvalue weighted by molar-refractivity contribution is 5.93. The number of benzene rings is 1. The summed E-state index contributed by atoms with van der Waals surface area (Å²) in [5.41, 5.74) is 2.53. The van der Waals surface area contributed by atoms with E-state index in [0.717, 1.165) is 42.4 Å². The van der Waals surface area contributed by atoms with Crippen LogP contribution in [0.15, 0.2) is 30.3 Å². The van der Waals surface area contributed by atoms with E-state index in [1.807, 2.05) is 37.3 Å². The lowest BCUT2D eigenvalue weighted by Crippen LogP contribution is -2.36. The predicted molar refractivity (Wildman–Crippen MR) is 107 cm³/mol. The second-order valence-electron chi connectivity index (χ2n) is 7.04. The van der Waals surface area contributed by atoms with Crippen LogP contribution in [-0.2, 0) is 14.3 Å². The van der Waals surface area contributed by atoms with E-state index in [0.29, 0.717) is 32.4 Å². The van der Waals surface area contributed by atoms with Gasteiger partial charge in [-0.25, -0.2) is 4.98 Å². The Kier molecular flexibility index (Phi) is 5.68. The van der Waals surface area contributed by atoms with Crippen molar-refractivity contribution in [2.75, 3.05) is 55.1 Å². The Hall–Kier alpha value is -2.71. The SMILES string of the molecule is Cc1cc(N2CCOCC2)nc(Nc2ccc(NC(=O)[C@H]3CCOC3)cc2)n1. The van der Waals surface area contributed by atoms with Crippen molar-refractivity contribution in [3.8, 4) is 0 Å². The highest BCUT2D eigenvalue weighted by Crippen LogP contribution is 2.21. The van der Waals surface area contributed by atoms with E-state index in [2.05, 4.69) is 25.5 Å². The van der Waals surface area contributed by atoms with Crippen LogP contribution in [0.3, 0.4) is 0 Å². The summed E-state index contributed by atoms with van der Waals surface area (Å²) in [6.45, 7) is 6.21. The summed E-state index contributed by atoms with van der Waals surface area (Å²) in [6, 6.07) is 9.53. The maximum atomic E-state index is 12.2. The van der Waals surface area contributed by atoms with Gasteiger partial charge in [-0.2, -0.15) is 4.98 Å². The number of morpholine rings is 1. The Morgan fingerprint density at radius 2 is 1.82 bits per heavy atom. The number of aryl methyl sites for hydroxylation is 1. The van der Waals surface area contributed by atoms with Gasteiger partial charge in [0.2, 0.25) is 11.9 Å². The molecule has 0 bridgehead atoms. The zero-order valence-electron chi connectivity index (χ0n) is 16.0. The first-order valence-corrected chi connectivity index (χ1v) is 9.61. The van der Waals surface area contributed by atoms with Gasteiger partial charge in [-0.15, -0.1) is 0 Å². The molecular weight excluding hydrogens is 358 g/mol. The van der Waals surface area contributed by atoms with Gasteiger partial charge < -0.3 is 25.0 Å². The third-order valence-electron chi connectivity index (χ3n) is 4.88. The molecule has 0 spiro atoms. The molecule has 2 aliphatic rings. The minimum absolute atomic E-state index is 0.00961. The fourth-order valence-corrected chi connectivity index (χ4v) is 3.31. The minimum atomic E-state index is -0.0582. The van der Waals surface area contributed by atoms with Crippen LogP contribution in [0.4, 0.5) is 23.1 Å². The van der Waals surface area contributed by atoms with Crippen molar-refractivity contribution in [3.63, 3.8) is 0 Å². The molecule has 148 valence electrons. The molecule has 1 atom stereocenters. The molecule has 2 N–H and O–H groups in total. The Morgan fingerprint density at radius 1 is 1.07 bits per heavy atom. The van der Waals surface area contributed by atoms with Crippen LogP contribution in [-0.4, -0.2) is 55.4 Å². The Balaban J connectivity index is 1.41. The molecule has 8 nitrogen and oxygen atoms in total. The number of carbonyl (C=O) groups excluding carboxylic acids is 1. The first kappa shape index (κ1) is 18.6. The maximum absolute atomic E-state index is 12.2. The maximum Gasteiger partial charge on any atom is 0.229 e. The van der Waals surface area contributed by atoms with Gasteiger partial charge in [0.1, 0.15) is 5.82 Å². The molecule has 8 heteroatoms. The van der Waals surface area contributed by atoms with E-state index in [4.69, 9.17) is 9.47 Å². The molecule has 4 rings (SSSR count). The number of carbonyl (C=O) groups is 1. The molecule has 0 unspecified atom stereocenters. The van der Waals surface area contributed by atoms with Crippen LogP contribution >= 0.6 is 0 Å². The Labute approximate surface area is 164 Å². The average molecular weight is 383 g/mol. The standard InChI is InChI=1S/C20H25N5O3/c1-14-12-18(25-7-10-27-11-8-25)24-20(21-14)23-17-4-2-16(3-5-17)22-19(26)15-6-9-28-13-15/h2-5,12,15H,6-11,13H2,1H3,(H,22,26)(H,21,23,24)/t15-/m0/s1. The topological polar surface area (TPSA) is 88.6 Å². The summed E-state index contributed by atoms with van der Waals surface area (Å²) in [7, 11) is 0. The van der Waals surface area contributed by atoms with Gasteiger partial charge in [0.05, 0.1) is 25.7 Å². The fourth-order valence-electron chi connectivity index (χ4n) is 3.31. The molecule has 3 heterocycles. The first-order valence-electron chi connectivity index (χ1n) is 9.61. The average Bonchev–Trinajstić information content (AvgIpc) is 3.25. The molecule has 0 saturated carbocycles. The smallest absolute Gasteiger partial charge is 0.229 e. The van der Waals surface area contributed by atoms with Gasteiger partial charge in [0.15, 0.2) is 0 Å². The van der Waals surface area contributed by atoms with E-state index < -0.39 is 0 Å². The lowest BCUT2D eigenvalue weighted by molar-refractivity contribution is -0.119. The molecule has 0 aliphatic carbocycles. The van der Waals surface area contributed by atoms with Crippen molar-refractivity contribution in [1.29, 1.82) is 0 Å². The summed E-state index contributed by atoms with van der Waals surface area (Å²) in [4.78, 5) is 23.5. The molecule has 1 aromatic carbocycles. The Morgan fingerprint density at radius 3 is 2.54 bits per heavy atom. The third kappa shape index (κ3) is 4.58. The van der Waals surface area contributed by atoms with Crippen LogP contribution in [0, 0.1) is 12.8 Å². The fraction of sp³-hybridized carbons (Fsp3) is 0.450. The lowest BCUT2D eigenvalue weighted by Gasteiger charge is -2.28. The number of nitrogens with one attached hydrogen (secondary N) is 2. The number of hydrogen-bond acceptors (Lipinski definition) is 7. The van der Waals surface area contributed by atoms with E-state index >= 15 is 0 Å². The van der Waals surface area contributed by atoms with Crippen LogP contribution < -0.4 is 15.5 Å². The molecule has 0 radical (unpaired) electrons. The summed E-state index contributed by atoms with van der Waals surface area (Å²) in [6.07, 6.45) is 0.779. The van der Waals surface area contributed by atoms with Gasteiger partial charge in [-0.3, -0.25) is 4.79 Å². The number of amides is 1. The van der Waals surface area contributed by atoms with Crippen molar-refractivity contribution in [2.45, 2.75) is 13.3 Å². The molecule has 1 amide bonds. The monoisotopic (exact) mass is 383 g/mol. The van der Waals surface area contributed by atoms with E-state index in [-0.39, 0.29) is 11.8 Å². The molecule has 2 saturated heterocycles. The van der Waals surface area contributed by atoms with E-state index in [9.17, 15) is 4.79 Å². The van der Waals surface area contributed by atoms with E-state index in [1.165, 1.54) is 0 Å². The zero-order chi connectivity index (χ0) is 19.3. The lowest BCUT2D eigenvalue weighted by atomic mass is 10.1. The summed E-state index contributed by atoms with van der Waals surface area (Å²) in [5, 5.41) is 6.19. The number of rotatable bonds is 5. The number of anilines is 4. The van der Waals surface area contributed by atoms with Crippen LogP contribution in [0.25, 0.3) is 0 Å². The van der Waals surface area contributed by atoms with E-state index in [1.54, 1.807) is 0 Å². The van der Waals surface area contributed by atoms with Gasteiger partial charge in [0.25, 0.3) is 0 Å². The van der Waals surface area contributed by atoms with Crippen molar-refractivity contribution >= 4 is 29.0 Å². The van der Waals surface area contributed by atoms with Crippen LogP contribution in [0.5, 0.6) is 0 Å². The van der Waals surface area contributed by atoms with Crippen molar-refractivity contribution in [3.05, 3.63) is 36.0 Å². The van der Waals surface area contributed by atoms with Crippen molar-refractivity contribution in [2.24, 2.45) is 5.92 Å². The largest absolute Gasteiger partial charge is 0.381 e. The number of hydrogen-bond donors (Lipinski definition) is 2. The molecule has 2 aliphatic heterocycles. The van der Waals surface area contributed by atoms with Gasteiger partial charge in [0, 0.05) is 42.8 Å². The summed E-state index contributed by atoms with van der Waals surface area (Å²) < 4.78 is 10.7. The normalized spacial score (nSPS) is 19.5. The first-order chi connectivity index (χ1) is 13.7. The Bertz CT molecular complexity index is 815. The molecule has 2 aromatic rings. The van der Waals surface area contributed by atoms with Gasteiger partial charge >= 0.3 is 0 Å². The number of aromatic nitrogens is 2. The second-order valence-corrected chi connectivity index (χ2v) is 7.04. The van der Waals surface area contributed by atoms with Crippen LogP contribution in [0.1, 0.15) is 12.1 Å². The molecule has 2 fully saturated rings. The third-order valence-corrected chi connectivity index (χ3v) is 4.88. The zero-order valence-corrected chi connectivity index (χ0v) is 16.0. The molecule has 28 heavy (non-hydrogen) atoms. The highest BCUT2D eigenvalue weighted by Gasteiger charge is 2.23. The molecular formula is C20H25N5O3. The van der Waals surface area contributed by atoms with Gasteiger partial charge in [-0.05, 0) is 37.6 Å². The van der Waals surface area contributed by atoms with Gasteiger partial charge in [-0.1, -0.05) is 0 Å². The highest BCUT2D eigenvalue weighted by atomic mass is 16.5. The minimum Gasteiger partial charge on any atom is -0.381 e.